The minimum Gasteiger partial charge on any atom is -0.465 e. The third-order valence-electron chi connectivity index (χ3n) is 7.11. The zero-order valence-corrected chi connectivity index (χ0v) is 14.9. The van der Waals surface area contributed by atoms with Gasteiger partial charge in [-0.15, -0.1) is 0 Å². The molecular formula is C20H31NO3. The largest absolute Gasteiger partial charge is 0.465 e. The predicted octanol–water partition coefficient (Wildman–Crippen LogP) is 3.59. The quantitative estimate of drug-likeness (QED) is 0.800. The van der Waals surface area contributed by atoms with Crippen LogP contribution in [0.5, 0.6) is 0 Å². The third-order valence-corrected chi connectivity index (χ3v) is 7.11. The van der Waals surface area contributed by atoms with Gasteiger partial charge in [0.1, 0.15) is 0 Å². The van der Waals surface area contributed by atoms with Crippen molar-refractivity contribution in [3.63, 3.8) is 0 Å². The van der Waals surface area contributed by atoms with E-state index in [1.165, 1.54) is 38.5 Å². The molecule has 0 saturated heterocycles. The van der Waals surface area contributed by atoms with Crippen molar-refractivity contribution in [3.05, 3.63) is 0 Å². The smallest absolute Gasteiger partial charge is 0.312 e. The summed E-state index contributed by atoms with van der Waals surface area (Å²) < 4.78 is 5.86. The Bertz CT molecular complexity index is 509. The van der Waals surface area contributed by atoms with E-state index in [1.807, 2.05) is 0 Å². The summed E-state index contributed by atoms with van der Waals surface area (Å²) in [5.41, 5.74) is -0.457. The molecule has 5 rings (SSSR count). The number of amides is 1. The molecule has 5 saturated carbocycles. The van der Waals surface area contributed by atoms with Crippen LogP contribution in [-0.2, 0) is 14.3 Å². The molecule has 5 aliphatic carbocycles. The molecule has 0 aromatic heterocycles. The number of nitrogens with one attached hydrogen (secondary N) is 1. The van der Waals surface area contributed by atoms with Gasteiger partial charge in [0.05, 0.1) is 12.0 Å². The Morgan fingerprint density at radius 3 is 2.33 bits per heavy atom. The summed E-state index contributed by atoms with van der Waals surface area (Å²) in [7, 11) is 0. The van der Waals surface area contributed by atoms with Gasteiger partial charge in [0.15, 0.2) is 0 Å². The van der Waals surface area contributed by atoms with Crippen LogP contribution < -0.4 is 5.32 Å². The molecule has 5 aliphatic rings. The summed E-state index contributed by atoms with van der Waals surface area (Å²) in [5.74, 6) is 1.82. The average Bonchev–Trinajstić information content (AvgIpc) is 2.51. The van der Waals surface area contributed by atoms with Gasteiger partial charge in [-0.25, -0.2) is 0 Å². The number of rotatable bonds is 4. The zero-order chi connectivity index (χ0) is 16.8. The molecule has 0 spiro atoms. The Balaban J connectivity index is 1.45. The second-order valence-corrected chi connectivity index (χ2v) is 9.31. The molecule has 4 bridgehead atoms. The number of hydrogen-bond donors (Lipinski definition) is 1. The summed E-state index contributed by atoms with van der Waals surface area (Å²) in [6.45, 7) is 2.22. The van der Waals surface area contributed by atoms with E-state index in [1.54, 1.807) is 6.92 Å². The summed E-state index contributed by atoms with van der Waals surface area (Å²) in [6.07, 6.45) is 12.4. The minimum atomic E-state index is -0.318. The number of ether oxygens (including phenoxy) is 1. The molecule has 24 heavy (non-hydrogen) atoms. The van der Waals surface area contributed by atoms with Gasteiger partial charge >= 0.3 is 5.97 Å². The van der Waals surface area contributed by atoms with Crippen LogP contribution in [0, 0.1) is 23.2 Å². The van der Waals surface area contributed by atoms with E-state index < -0.39 is 0 Å². The van der Waals surface area contributed by atoms with E-state index in [9.17, 15) is 9.59 Å². The van der Waals surface area contributed by atoms with Crippen LogP contribution in [0.4, 0.5) is 0 Å². The highest BCUT2D eigenvalue weighted by Crippen LogP contribution is 2.62. The molecule has 134 valence electrons. The topological polar surface area (TPSA) is 55.4 Å². The number of carbonyl (C=O) groups is 2. The van der Waals surface area contributed by atoms with E-state index in [0.29, 0.717) is 24.4 Å². The van der Waals surface area contributed by atoms with E-state index in [-0.39, 0.29) is 22.8 Å². The van der Waals surface area contributed by atoms with Crippen molar-refractivity contribution in [1.29, 1.82) is 0 Å². The Labute approximate surface area is 145 Å². The molecule has 0 radical (unpaired) electrons. The fraction of sp³-hybridized carbons (Fsp3) is 0.900. The molecule has 2 unspecified atom stereocenters. The molecule has 4 nitrogen and oxygen atoms in total. The van der Waals surface area contributed by atoms with Gasteiger partial charge in [0.2, 0.25) is 5.91 Å². The van der Waals surface area contributed by atoms with Crippen molar-refractivity contribution in [2.75, 3.05) is 6.61 Å². The molecule has 0 heterocycles. The number of esters is 1. The van der Waals surface area contributed by atoms with Crippen molar-refractivity contribution >= 4 is 11.9 Å². The molecule has 1 N–H and O–H groups in total. The van der Waals surface area contributed by atoms with Gasteiger partial charge < -0.3 is 10.1 Å². The Morgan fingerprint density at radius 2 is 1.71 bits per heavy atom. The van der Waals surface area contributed by atoms with Gasteiger partial charge in [0.25, 0.3) is 0 Å². The molecule has 4 heteroatoms. The highest BCUT2D eigenvalue weighted by Gasteiger charge is 2.61. The maximum absolute atomic E-state index is 13.0. The van der Waals surface area contributed by atoms with Crippen LogP contribution in [-0.4, -0.2) is 24.0 Å². The van der Waals surface area contributed by atoms with Crippen LogP contribution in [0.15, 0.2) is 0 Å². The maximum atomic E-state index is 13.0. The molecule has 0 aliphatic heterocycles. The lowest BCUT2D eigenvalue weighted by molar-refractivity contribution is -0.177. The lowest BCUT2D eigenvalue weighted by Gasteiger charge is -2.60. The summed E-state index contributed by atoms with van der Waals surface area (Å²) >= 11 is 0. The first-order chi connectivity index (χ1) is 11.5. The lowest BCUT2D eigenvalue weighted by Crippen LogP contribution is -2.64. The fourth-order valence-electron chi connectivity index (χ4n) is 6.72. The number of carbonyl (C=O) groups excluding carboxylic acids is 2. The minimum absolute atomic E-state index is 0.0388. The van der Waals surface area contributed by atoms with E-state index in [4.69, 9.17) is 4.74 Å². The molecule has 0 aromatic carbocycles. The molecule has 4 atom stereocenters. The van der Waals surface area contributed by atoms with Gasteiger partial charge in [-0.3, -0.25) is 9.59 Å². The second kappa shape index (κ2) is 6.03. The standard InChI is InChI=1S/C20H31NO3/c1-14(22)21-20-10-16-7-17(11-20)9-19(8-16,13-20)18(23)24-12-15-5-3-2-4-6-15/h15-17H,2-13H2,1H3,(H,21,22)/t16-,17+,19?,20?. The summed E-state index contributed by atoms with van der Waals surface area (Å²) in [4.78, 5) is 24.7. The van der Waals surface area contributed by atoms with Crippen molar-refractivity contribution in [2.24, 2.45) is 23.2 Å². The van der Waals surface area contributed by atoms with Crippen molar-refractivity contribution in [1.82, 2.24) is 5.32 Å². The van der Waals surface area contributed by atoms with Crippen LogP contribution >= 0.6 is 0 Å². The first-order valence-corrected chi connectivity index (χ1v) is 9.95. The Hall–Kier alpha value is -1.06. The van der Waals surface area contributed by atoms with Crippen molar-refractivity contribution in [2.45, 2.75) is 83.1 Å². The molecule has 0 aromatic rings. The zero-order valence-electron chi connectivity index (χ0n) is 14.9. The van der Waals surface area contributed by atoms with Crippen LogP contribution in [0.1, 0.15) is 77.6 Å². The first-order valence-electron chi connectivity index (χ1n) is 9.95. The third kappa shape index (κ3) is 2.97. The maximum Gasteiger partial charge on any atom is 0.312 e. The highest BCUT2D eigenvalue weighted by molar-refractivity contribution is 5.79. The average molecular weight is 333 g/mol. The van der Waals surface area contributed by atoms with Crippen molar-refractivity contribution in [3.8, 4) is 0 Å². The summed E-state index contributed by atoms with van der Waals surface area (Å²) in [6, 6.07) is 0. The monoisotopic (exact) mass is 333 g/mol. The number of hydrogen-bond acceptors (Lipinski definition) is 3. The molecule has 5 fully saturated rings. The molecule has 1 amide bonds. The van der Waals surface area contributed by atoms with Crippen LogP contribution in [0.25, 0.3) is 0 Å². The van der Waals surface area contributed by atoms with Crippen LogP contribution in [0.3, 0.4) is 0 Å². The molecular weight excluding hydrogens is 302 g/mol. The second-order valence-electron chi connectivity index (χ2n) is 9.31. The predicted molar refractivity (Wildman–Crippen MR) is 91.2 cm³/mol. The van der Waals surface area contributed by atoms with Gasteiger partial charge in [-0.05, 0) is 69.1 Å². The van der Waals surface area contributed by atoms with Gasteiger partial charge in [-0.1, -0.05) is 19.3 Å². The van der Waals surface area contributed by atoms with E-state index >= 15 is 0 Å². The lowest BCUT2D eigenvalue weighted by atomic mass is 9.47. The van der Waals surface area contributed by atoms with Crippen LogP contribution in [0.2, 0.25) is 0 Å². The van der Waals surface area contributed by atoms with E-state index in [0.717, 1.165) is 32.1 Å². The Morgan fingerprint density at radius 1 is 1.04 bits per heavy atom. The van der Waals surface area contributed by atoms with Gasteiger partial charge in [0, 0.05) is 12.5 Å². The first kappa shape index (κ1) is 16.4. The normalized spacial score (nSPS) is 41.2. The van der Waals surface area contributed by atoms with E-state index in [2.05, 4.69) is 5.32 Å². The fourth-order valence-corrected chi connectivity index (χ4v) is 6.72. The summed E-state index contributed by atoms with van der Waals surface area (Å²) in [5, 5.41) is 3.23. The SMILES string of the molecule is CC(=O)NC12C[C@H]3C[C@@H](C1)CC(C(=O)OCC1CCCCC1)(C3)C2. The highest BCUT2D eigenvalue weighted by atomic mass is 16.5. The van der Waals surface area contributed by atoms with Gasteiger partial charge in [-0.2, -0.15) is 0 Å². The Kier molecular flexibility index (Phi) is 4.12. The van der Waals surface area contributed by atoms with Crippen molar-refractivity contribution < 1.29 is 14.3 Å².